The van der Waals surface area contributed by atoms with E-state index in [1.165, 1.54) is 65.8 Å². The van der Waals surface area contributed by atoms with Crippen LogP contribution in [0.3, 0.4) is 0 Å². The summed E-state index contributed by atoms with van der Waals surface area (Å²) in [6.07, 6.45) is 0. The Morgan fingerprint density at radius 3 is 2.06 bits per heavy atom. The van der Waals surface area contributed by atoms with Gasteiger partial charge < -0.3 is 14.3 Å². The van der Waals surface area contributed by atoms with Crippen molar-refractivity contribution in [1.82, 2.24) is 4.57 Å². The molecule has 0 radical (unpaired) electrons. The van der Waals surface area contributed by atoms with Crippen LogP contribution in [0.25, 0.3) is 71.3 Å². The molecule has 0 amide bonds. The number of nitrogens with one attached hydrogen (secondary N) is 1. The first-order valence-electron chi connectivity index (χ1n) is 16.8. The van der Waals surface area contributed by atoms with Gasteiger partial charge in [0.15, 0.2) is 12.9 Å². The molecule has 4 heteroatoms. The van der Waals surface area contributed by atoms with Gasteiger partial charge in [0.25, 0.3) is 0 Å². The number of fused-ring (bicyclic) bond motifs is 10. The average molecular weight is 617 g/mol. The highest BCUT2D eigenvalue weighted by molar-refractivity contribution is 6.74. The lowest BCUT2D eigenvalue weighted by Crippen LogP contribution is -2.37. The molecule has 7 aromatic carbocycles. The first-order valence-corrected chi connectivity index (χ1v) is 16.8. The SMILES string of the molecule is CC(C)(C)c1ccc(Nc2cc3ccccc3cc2-c2cc3ccccc3c3c2Bc2cccc4c5oc6ccccc6c5n-3c24)cc1. The third-order valence-electron chi connectivity index (χ3n) is 10.3. The summed E-state index contributed by atoms with van der Waals surface area (Å²) < 4.78 is 9.11. The number of furan rings is 1. The fourth-order valence-corrected chi connectivity index (χ4v) is 7.97. The van der Waals surface area contributed by atoms with Gasteiger partial charge in [-0.25, -0.2) is 0 Å². The van der Waals surface area contributed by atoms with E-state index in [4.69, 9.17) is 4.42 Å². The number of para-hydroxylation sites is 2. The Hall–Kier alpha value is -5.74. The molecule has 0 fully saturated rings. The molecule has 48 heavy (non-hydrogen) atoms. The standard InChI is InChI=1S/C44H33BN2O/c1-44(2,3)29-19-21-30(22-20-29)46-37-25-27-12-5-4-11-26(27)23-34(37)35-24-28-13-6-7-14-31(28)41-39(35)45-36-17-10-16-33-40(36)47(41)42-32-15-8-9-18-38(32)48-43(33)42/h4-25,45-46H,1-3H3. The van der Waals surface area contributed by atoms with Crippen LogP contribution in [0.2, 0.25) is 0 Å². The van der Waals surface area contributed by atoms with Crippen molar-refractivity contribution in [2.24, 2.45) is 0 Å². The van der Waals surface area contributed by atoms with Gasteiger partial charge in [-0.1, -0.05) is 111 Å². The zero-order valence-electron chi connectivity index (χ0n) is 27.3. The molecule has 0 saturated carbocycles. The maximum atomic E-state index is 6.61. The van der Waals surface area contributed by atoms with Crippen molar-refractivity contribution in [3.8, 4) is 16.8 Å². The molecule has 0 spiro atoms. The normalized spacial score (nSPS) is 12.6. The van der Waals surface area contributed by atoms with E-state index in [0.717, 1.165) is 40.7 Å². The lowest BCUT2D eigenvalue weighted by Gasteiger charge is -2.26. The van der Waals surface area contributed by atoms with Crippen LogP contribution in [0.5, 0.6) is 0 Å². The third kappa shape index (κ3) is 3.96. The number of rotatable bonds is 3. The molecule has 1 N–H and O–H groups in total. The molecule has 0 bridgehead atoms. The van der Waals surface area contributed by atoms with E-state index in [-0.39, 0.29) is 5.41 Å². The fraction of sp³-hybridized carbons (Fsp3) is 0.0909. The van der Waals surface area contributed by atoms with Crippen LogP contribution in [0.15, 0.2) is 138 Å². The second-order valence-corrected chi connectivity index (χ2v) is 14.3. The Morgan fingerprint density at radius 1 is 0.604 bits per heavy atom. The zero-order chi connectivity index (χ0) is 32.1. The van der Waals surface area contributed by atoms with Crippen molar-refractivity contribution in [2.75, 3.05) is 5.32 Å². The molecule has 0 saturated heterocycles. The smallest absolute Gasteiger partial charge is 0.198 e. The lowest BCUT2D eigenvalue weighted by molar-refractivity contribution is 0.590. The van der Waals surface area contributed by atoms with Gasteiger partial charge in [-0.05, 0) is 86.7 Å². The van der Waals surface area contributed by atoms with Gasteiger partial charge in [-0.15, -0.1) is 0 Å². The predicted octanol–water partition coefficient (Wildman–Crippen LogP) is 10.2. The summed E-state index contributed by atoms with van der Waals surface area (Å²) in [4.78, 5) is 0. The lowest BCUT2D eigenvalue weighted by atomic mass is 9.58. The quantitative estimate of drug-likeness (QED) is 0.200. The number of aromatic nitrogens is 1. The van der Waals surface area contributed by atoms with E-state index in [2.05, 4.69) is 164 Å². The maximum absolute atomic E-state index is 6.61. The number of hydrogen-bond donors (Lipinski definition) is 1. The first kappa shape index (κ1) is 27.4. The van der Waals surface area contributed by atoms with Crippen molar-refractivity contribution in [3.63, 3.8) is 0 Å². The van der Waals surface area contributed by atoms with Crippen LogP contribution in [-0.4, -0.2) is 11.8 Å². The van der Waals surface area contributed by atoms with E-state index in [1.54, 1.807) is 0 Å². The first-order chi connectivity index (χ1) is 23.4. The van der Waals surface area contributed by atoms with Crippen LogP contribution in [0.1, 0.15) is 26.3 Å². The highest BCUT2D eigenvalue weighted by Gasteiger charge is 2.30. The largest absolute Gasteiger partial charge is 0.454 e. The van der Waals surface area contributed by atoms with Crippen molar-refractivity contribution >= 4 is 84.1 Å². The minimum Gasteiger partial charge on any atom is -0.454 e. The summed E-state index contributed by atoms with van der Waals surface area (Å²) in [6, 6.07) is 48.7. The zero-order valence-corrected chi connectivity index (χ0v) is 27.3. The van der Waals surface area contributed by atoms with Crippen molar-refractivity contribution < 1.29 is 4.42 Å². The van der Waals surface area contributed by atoms with Gasteiger partial charge in [-0.2, -0.15) is 0 Å². The van der Waals surface area contributed by atoms with Gasteiger partial charge in [0, 0.05) is 38.8 Å². The molecule has 3 heterocycles. The highest BCUT2D eigenvalue weighted by atomic mass is 16.3. The summed E-state index contributed by atoms with van der Waals surface area (Å²) in [5.74, 6) is 0. The average Bonchev–Trinajstić information content (AvgIpc) is 3.64. The number of anilines is 2. The number of nitrogens with zero attached hydrogens (tertiary/aromatic N) is 1. The topological polar surface area (TPSA) is 30.1 Å². The van der Waals surface area contributed by atoms with Gasteiger partial charge >= 0.3 is 0 Å². The predicted molar refractivity (Wildman–Crippen MR) is 206 cm³/mol. The molecule has 0 atom stereocenters. The summed E-state index contributed by atoms with van der Waals surface area (Å²) in [5, 5.41) is 11.1. The second-order valence-electron chi connectivity index (χ2n) is 14.3. The molecule has 3 nitrogen and oxygen atoms in total. The maximum Gasteiger partial charge on any atom is 0.198 e. The highest BCUT2D eigenvalue weighted by Crippen LogP contribution is 2.43. The monoisotopic (exact) mass is 616 g/mol. The molecule has 1 aliphatic heterocycles. The van der Waals surface area contributed by atoms with E-state index in [9.17, 15) is 0 Å². The molecule has 1 aliphatic rings. The second kappa shape index (κ2) is 9.89. The van der Waals surface area contributed by atoms with Gasteiger partial charge in [0.1, 0.15) is 11.1 Å². The minimum absolute atomic E-state index is 0.0999. The van der Waals surface area contributed by atoms with Crippen LogP contribution in [-0.2, 0) is 5.41 Å². The van der Waals surface area contributed by atoms with E-state index >= 15 is 0 Å². The Labute approximate surface area is 279 Å². The molecular weight excluding hydrogens is 583 g/mol. The summed E-state index contributed by atoms with van der Waals surface area (Å²) in [6.45, 7) is 6.78. The van der Waals surface area contributed by atoms with E-state index in [0.29, 0.717) is 0 Å². The minimum atomic E-state index is 0.0999. The van der Waals surface area contributed by atoms with Crippen LogP contribution in [0, 0.1) is 0 Å². The Bertz CT molecular complexity index is 2760. The van der Waals surface area contributed by atoms with Gasteiger partial charge in [0.05, 0.1) is 5.52 Å². The molecule has 228 valence electrons. The van der Waals surface area contributed by atoms with Crippen molar-refractivity contribution in [2.45, 2.75) is 26.2 Å². The molecule has 0 aliphatic carbocycles. The third-order valence-corrected chi connectivity index (χ3v) is 10.3. The summed E-state index contributed by atoms with van der Waals surface area (Å²) in [5.41, 5.74) is 14.2. The summed E-state index contributed by atoms with van der Waals surface area (Å²) >= 11 is 0. The summed E-state index contributed by atoms with van der Waals surface area (Å²) in [7, 11) is 0.837. The molecule has 2 aromatic heterocycles. The molecule has 10 rings (SSSR count). The fourth-order valence-electron chi connectivity index (χ4n) is 7.97. The van der Waals surface area contributed by atoms with Crippen LogP contribution in [0.4, 0.5) is 11.4 Å². The Balaban J connectivity index is 1.29. The Kier molecular flexibility index (Phi) is 5.64. The number of benzene rings is 7. The van der Waals surface area contributed by atoms with Gasteiger partial charge in [-0.3, -0.25) is 0 Å². The van der Waals surface area contributed by atoms with E-state index in [1.807, 2.05) is 0 Å². The molecular formula is C44H33BN2O. The van der Waals surface area contributed by atoms with E-state index < -0.39 is 0 Å². The molecule has 9 aromatic rings. The van der Waals surface area contributed by atoms with Crippen LogP contribution < -0.4 is 16.2 Å². The van der Waals surface area contributed by atoms with Crippen molar-refractivity contribution in [1.29, 1.82) is 0 Å². The molecule has 0 unspecified atom stereocenters. The number of hydrogen-bond acceptors (Lipinski definition) is 2. The van der Waals surface area contributed by atoms with Crippen molar-refractivity contribution in [3.05, 3.63) is 139 Å². The van der Waals surface area contributed by atoms with Crippen LogP contribution >= 0.6 is 0 Å². The van der Waals surface area contributed by atoms with Gasteiger partial charge in [0.2, 0.25) is 0 Å². The Morgan fingerprint density at radius 2 is 1.27 bits per heavy atom.